The molecule has 0 spiro atoms. The SMILES string of the molecule is c1ccc(-c2nc(-n3c4ccccc4c4cc(-c5ccc6c(c5)-c5cccc7c5B(Nc5ccccc5-7)N6)ccc43)nc3ccccc23)cc1. The summed E-state index contributed by atoms with van der Waals surface area (Å²) in [5.41, 5.74) is 16.0. The molecule has 0 fully saturated rings. The Kier molecular flexibility index (Phi) is 5.69. The molecule has 0 amide bonds. The first kappa shape index (κ1) is 27.3. The molecule has 0 unspecified atom stereocenters. The zero-order valence-electron chi connectivity index (χ0n) is 26.9. The molecule has 9 aromatic rings. The Morgan fingerprint density at radius 3 is 2.00 bits per heavy atom. The van der Waals surface area contributed by atoms with E-state index in [1.807, 2.05) is 12.1 Å². The van der Waals surface area contributed by atoms with Crippen molar-refractivity contribution in [2.45, 2.75) is 0 Å². The van der Waals surface area contributed by atoms with Gasteiger partial charge >= 0.3 is 6.98 Å². The number of fused-ring (bicyclic) bond motifs is 8. The summed E-state index contributed by atoms with van der Waals surface area (Å²) in [6.45, 7) is 0.0247. The Bertz CT molecular complexity index is 2840. The molecule has 2 aliphatic rings. The molecule has 0 saturated heterocycles. The molecule has 0 radical (unpaired) electrons. The number of benzene rings is 7. The van der Waals surface area contributed by atoms with Gasteiger partial charge in [-0.2, -0.15) is 0 Å². The maximum Gasteiger partial charge on any atom is 0.407 e. The van der Waals surface area contributed by atoms with E-state index in [4.69, 9.17) is 9.97 Å². The topological polar surface area (TPSA) is 54.8 Å². The predicted octanol–water partition coefficient (Wildman–Crippen LogP) is 9.94. The standard InChI is InChI=1S/C44H28BN5/c1-2-11-27(12-3-1)43-34-15-5-7-18-37(34)46-44(47-43)50-40-20-9-6-14-31(40)36-26-29(22-24-41(36)50)28-21-23-39-35(25-28)33-17-10-16-32-30-13-4-8-19-38(30)48-45(49-39)42(32)33/h1-26,48-49H. The molecule has 6 heteroatoms. The Hall–Kier alpha value is -6.66. The van der Waals surface area contributed by atoms with E-state index in [0.717, 1.165) is 44.6 Å². The van der Waals surface area contributed by atoms with Crippen molar-refractivity contribution in [2.75, 3.05) is 10.5 Å². The van der Waals surface area contributed by atoms with Gasteiger partial charge in [0, 0.05) is 44.2 Å². The van der Waals surface area contributed by atoms with Crippen molar-refractivity contribution in [1.82, 2.24) is 14.5 Å². The lowest BCUT2D eigenvalue weighted by molar-refractivity contribution is 1.01. The van der Waals surface area contributed by atoms with Crippen molar-refractivity contribution in [3.63, 3.8) is 0 Å². The molecule has 2 aliphatic heterocycles. The fourth-order valence-corrected chi connectivity index (χ4v) is 8.10. The summed E-state index contributed by atoms with van der Waals surface area (Å²) in [4.78, 5) is 10.4. The summed E-state index contributed by atoms with van der Waals surface area (Å²) in [5.74, 6) is 0.667. The number of para-hydroxylation sites is 3. The average Bonchev–Trinajstić information content (AvgIpc) is 3.51. The minimum Gasteiger partial charge on any atom is -0.405 e. The number of anilines is 2. The van der Waals surface area contributed by atoms with Crippen molar-refractivity contribution in [3.8, 4) is 50.6 Å². The smallest absolute Gasteiger partial charge is 0.405 e. The van der Waals surface area contributed by atoms with Crippen LogP contribution >= 0.6 is 0 Å². The molecule has 5 nitrogen and oxygen atoms in total. The van der Waals surface area contributed by atoms with Crippen LogP contribution in [-0.2, 0) is 0 Å². The van der Waals surface area contributed by atoms with Crippen LogP contribution in [0.2, 0.25) is 0 Å². The predicted molar refractivity (Wildman–Crippen MR) is 208 cm³/mol. The molecule has 0 saturated carbocycles. The molecule has 232 valence electrons. The van der Waals surface area contributed by atoms with Crippen LogP contribution in [-0.4, -0.2) is 21.5 Å². The maximum absolute atomic E-state index is 5.24. The number of rotatable bonds is 3. The molecule has 0 aliphatic carbocycles. The third-order valence-corrected chi connectivity index (χ3v) is 10.4. The second-order valence-corrected chi connectivity index (χ2v) is 13.1. The van der Waals surface area contributed by atoms with Crippen molar-refractivity contribution in [1.29, 1.82) is 0 Å². The van der Waals surface area contributed by atoms with Crippen LogP contribution in [0, 0.1) is 0 Å². The highest BCUT2D eigenvalue weighted by molar-refractivity contribution is 6.83. The van der Waals surface area contributed by atoms with Crippen molar-refractivity contribution in [2.24, 2.45) is 0 Å². The second kappa shape index (κ2) is 10.4. The lowest BCUT2D eigenvalue weighted by Gasteiger charge is -2.34. The summed E-state index contributed by atoms with van der Waals surface area (Å²) >= 11 is 0. The number of hydrogen-bond donors (Lipinski definition) is 2. The van der Waals surface area contributed by atoms with Gasteiger partial charge in [-0.05, 0) is 70.2 Å². The van der Waals surface area contributed by atoms with Gasteiger partial charge in [-0.1, -0.05) is 115 Å². The van der Waals surface area contributed by atoms with E-state index >= 15 is 0 Å². The average molecular weight is 638 g/mol. The van der Waals surface area contributed by atoms with E-state index < -0.39 is 0 Å². The van der Waals surface area contributed by atoms with Gasteiger partial charge in [-0.25, -0.2) is 9.97 Å². The van der Waals surface area contributed by atoms with Gasteiger partial charge in [-0.3, -0.25) is 4.57 Å². The van der Waals surface area contributed by atoms with Crippen molar-refractivity contribution in [3.05, 3.63) is 158 Å². The second-order valence-electron chi connectivity index (χ2n) is 13.1. The van der Waals surface area contributed by atoms with Crippen molar-refractivity contribution < 1.29 is 0 Å². The van der Waals surface area contributed by atoms with Gasteiger partial charge < -0.3 is 10.5 Å². The summed E-state index contributed by atoms with van der Waals surface area (Å²) in [6.07, 6.45) is 0. The lowest BCUT2D eigenvalue weighted by Crippen LogP contribution is -2.52. The van der Waals surface area contributed by atoms with Crippen LogP contribution in [0.5, 0.6) is 0 Å². The fraction of sp³-hybridized carbons (Fsp3) is 0. The Labute approximate surface area is 289 Å². The van der Waals surface area contributed by atoms with Gasteiger partial charge in [0.25, 0.3) is 0 Å². The zero-order valence-corrected chi connectivity index (χ0v) is 26.9. The number of nitrogens with one attached hydrogen (secondary N) is 2. The Balaban J connectivity index is 1.08. The highest BCUT2D eigenvalue weighted by Gasteiger charge is 2.35. The van der Waals surface area contributed by atoms with Crippen LogP contribution < -0.4 is 15.9 Å². The molecular formula is C44H28BN5. The first-order chi connectivity index (χ1) is 24.8. The van der Waals surface area contributed by atoms with Crippen LogP contribution in [0.25, 0.3) is 83.3 Å². The van der Waals surface area contributed by atoms with Crippen LogP contribution in [0.15, 0.2) is 158 Å². The molecule has 2 aromatic heterocycles. The molecule has 50 heavy (non-hydrogen) atoms. The first-order valence-corrected chi connectivity index (χ1v) is 17.0. The quantitative estimate of drug-likeness (QED) is 0.189. The largest absolute Gasteiger partial charge is 0.407 e. The number of nitrogens with zero attached hydrogens (tertiary/aromatic N) is 3. The Morgan fingerprint density at radius 2 is 1.10 bits per heavy atom. The minimum absolute atomic E-state index is 0.0247. The van der Waals surface area contributed by atoms with Crippen LogP contribution in [0.4, 0.5) is 11.4 Å². The molecule has 11 rings (SSSR count). The van der Waals surface area contributed by atoms with Crippen LogP contribution in [0.3, 0.4) is 0 Å². The third kappa shape index (κ3) is 3.96. The van der Waals surface area contributed by atoms with E-state index in [1.54, 1.807) is 0 Å². The molecule has 0 atom stereocenters. The maximum atomic E-state index is 5.24. The minimum atomic E-state index is 0.0247. The van der Waals surface area contributed by atoms with Gasteiger partial charge in [0.15, 0.2) is 0 Å². The molecule has 7 aromatic carbocycles. The summed E-state index contributed by atoms with van der Waals surface area (Å²) in [5, 5.41) is 10.9. The molecule has 2 N–H and O–H groups in total. The van der Waals surface area contributed by atoms with Gasteiger partial charge in [0.2, 0.25) is 5.95 Å². The van der Waals surface area contributed by atoms with Crippen molar-refractivity contribution >= 4 is 56.5 Å². The van der Waals surface area contributed by atoms with Crippen LogP contribution in [0.1, 0.15) is 0 Å². The monoisotopic (exact) mass is 637 g/mol. The van der Waals surface area contributed by atoms with Gasteiger partial charge in [-0.15, -0.1) is 0 Å². The highest BCUT2D eigenvalue weighted by atomic mass is 15.2. The van der Waals surface area contributed by atoms with E-state index in [0.29, 0.717) is 5.95 Å². The molecule has 4 heterocycles. The number of aromatic nitrogens is 3. The Morgan fingerprint density at radius 1 is 0.440 bits per heavy atom. The van der Waals surface area contributed by atoms with E-state index in [9.17, 15) is 0 Å². The zero-order chi connectivity index (χ0) is 32.8. The summed E-state index contributed by atoms with van der Waals surface area (Å²) in [6, 6.07) is 56.1. The van der Waals surface area contributed by atoms with E-state index in [2.05, 4.69) is 161 Å². The summed E-state index contributed by atoms with van der Waals surface area (Å²) in [7, 11) is 0. The molecule has 0 bridgehead atoms. The molecular weight excluding hydrogens is 609 g/mol. The van der Waals surface area contributed by atoms with Gasteiger partial charge in [0.05, 0.1) is 22.2 Å². The number of hydrogen-bond acceptors (Lipinski definition) is 4. The lowest BCUT2D eigenvalue weighted by atomic mass is 9.57. The fourth-order valence-electron chi connectivity index (χ4n) is 8.10. The highest BCUT2D eigenvalue weighted by Crippen LogP contribution is 2.42. The van der Waals surface area contributed by atoms with E-state index in [-0.39, 0.29) is 6.98 Å². The van der Waals surface area contributed by atoms with Gasteiger partial charge in [0.1, 0.15) is 0 Å². The first-order valence-electron chi connectivity index (χ1n) is 17.0. The summed E-state index contributed by atoms with van der Waals surface area (Å²) < 4.78 is 2.21. The normalized spacial score (nSPS) is 12.7. The third-order valence-electron chi connectivity index (χ3n) is 10.4. The van der Waals surface area contributed by atoms with E-state index in [1.165, 1.54) is 49.6 Å².